The Morgan fingerprint density at radius 2 is 2.11 bits per heavy atom. The summed E-state index contributed by atoms with van der Waals surface area (Å²) >= 11 is 0. The zero-order valence-corrected chi connectivity index (χ0v) is 15.3. The Hall–Kier alpha value is -2.86. The first-order valence-electron chi connectivity index (χ1n) is 9.29. The molecule has 1 aliphatic heterocycles. The van der Waals surface area contributed by atoms with Crippen LogP contribution in [0.25, 0.3) is 11.0 Å². The zero-order valence-electron chi connectivity index (χ0n) is 15.3. The number of aromatic amines is 1. The van der Waals surface area contributed by atoms with Gasteiger partial charge in [-0.1, -0.05) is 12.1 Å². The standard InChI is InChI=1S/C21H23N3O3/c1-14(20-23-18-6-2-3-7-19(18)24-20)22-21(25)15-8-10-16(11-9-15)27-13-17-5-4-12-26-17/h2-3,6-11,14,17H,4-5,12-13H2,1H3,(H,22,25)(H,23,24). The van der Waals surface area contributed by atoms with E-state index >= 15 is 0 Å². The van der Waals surface area contributed by atoms with E-state index in [1.165, 1.54) is 0 Å². The third-order valence-electron chi connectivity index (χ3n) is 4.74. The molecule has 3 aromatic rings. The second-order valence-electron chi connectivity index (χ2n) is 6.80. The molecular formula is C21H23N3O3. The van der Waals surface area contributed by atoms with Crippen molar-refractivity contribution in [1.82, 2.24) is 15.3 Å². The minimum absolute atomic E-state index is 0.145. The fourth-order valence-corrected chi connectivity index (χ4v) is 3.19. The van der Waals surface area contributed by atoms with Crippen LogP contribution >= 0.6 is 0 Å². The van der Waals surface area contributed by atoms with Crippen molar-refractivity contribution in [2.75, 3.05) is 13.2 Å². The Morgan fingerprint density at radius 3 is 2.85 bits per heavy atom. The van der Waals surface area contributed by atoms with Gasteiger partial charge in [-0.05, 0) is 56.2 Å². The van der Waals surface area contributed by atoms with E-state index in [9.17, 15) is 4.79 Å². The fraction of sp³-hybridized carbons (Fsp3) is 0.333. The van der Waals surface area contributed by atoms with E-state index in [-0.39, 0.29) is 18.1 Å². The van der Waals surface area contributed by atoms with Crippen LogP contribution in [-0.2, 0) is 4.74 Å². The number of hydrogen-bond acceptors (Lipinski definition) is 4. The first-order valence-corrected chi connectivity index (χ1v) is 9.29. The highest BCUT2D eigenvalue weighted by Gasteiger charge is 2.17. The third-order valence-corrected chi connectivity index (χ3v) is 4.74. The van der Waals surface area contributed by atoms with E-state index in [0.717, 1.165) is 42.1 Å². The number of H-pyrrole nitrogens is 1. The summed E-state index contributed by atoms with van der Waals surface area (Å²) in [4.78, 5) is 20.3. The van der Waals surface area contributed by atoms with Crippen molar-refractivity contribution in [3.8, 4) is 5.75 Å². The maximum Gasteiger partial charge on any atom is 0.251 e. The van der Waals surface area contributed by atoms with Gasteiger partial charge in [-0.15, -0.1) is 0 Å². The minimum Gasteiger partial charge on any atom is -0.491 e. The van der Waals surface area contributed by atoms with Crippen molar-refractivity contribution in [2.45, 2.75) is 31.9 Å². The molecule has 2 aromatic carbocycles. The normalized spacial score (nSPS) is 17.7. The molecule has 0 spiro atoms. The molecule has 1 saturated heterocycles. The van der Waals surface area contributed by atoms with E-state index in [2.05, 4.69) is 15.3 Å². The van der Waals surface area contributed by atoms with Crippen molar-refractivity contribution < 1.29 is 14.3 Å². The number of aromatic nitrogens is 2. The number of imidazole rings is 1. The number of nitrogens with one attached hydrogen (secondary N) is 2. The first kappa shape index (κ1) is 17.5. The molecule has 0 radical (unpaired) electrons. The molecule has 0 bridgehead atoms. The number of ether oxygens (including phenoxy) is 2. The minimum atomic E-state index is -0.222. The van der Waals surface area contributed by atoms with E-state index < -0.39 is 0 Å². The summed E-state index contributed by atoms with van der Waals surface area (Å²) in [5.74, 6) is 1.34. The molecule has 2 heterocycles. The Bertz CT molecular complexity index is 881. The lowest BCUT2D eigenvalue weighted by atomic mass is 10.2. The van der Waals surface area contributed by atoms with Crippen molar-refractivity contribution in [2.24, 2.45) is 0 Å². The number of rotatable bonds is 6. The molecule has 0 saturated carbocycles. The van der Waals surface area contributed by atoms with Gasteiger partial charge in [0.1, 0.15) is 18.2 Å². The first-order chi connectivity index (χ1) is 13.2. The average Bonchev–Trinajstić information content (AvgIpc) is 3.36. The number of amides is 1. The number of benzene rings is 2. The number of para-hydroxylation sites is 2. The number of nitrogens with zero attached hydrogens (tertiary/aromatic N) is 1. The molecule has 2 N–H and O–H groups in total. The van der Waals surface area contributed by atoms with Crippen LogP contribution in [0.5, 0.6) is 5.75 Å². The molecule has 2 unspecified atom stereocenters. The topological polar surface area (TPSA) is 76.2 Å². The van der Waals surface area contributed by atoms with Crippen molar-refractivity contribution in [1.29, 1.82) is 0 Å². The molecule has 1 fully saturated rings. The summed E-state index contributed by atoms with van der Waals surface area (Å²) in [6.45, 7) is 3.28. The van der Waals surface area contributed by atoms with E-state index in [1.807, 2.05) is 43.3 Å². The monoisotopic (exact) mass is 365 g/mol. The molecule has 140 valence electrons. The van der Waals surface area contributed by atoms with Crippen LogP contribution in [-0.4, -0.2) is 35.2 Å². The predicted molar refractivity (Wildman–Crippen MR) is 103 cm³/mol. The van der Waals surface area contributed by atoms with Crippen LogP contribution < -0.4 is 10.1 Å². The molecule has 1 aliphatic rings. The lowest BCUT2D eigenvalue weighted by Gasteiger charge is -2.13. The molecule has 1 amide bonds. The number of fused-ring (bicyclic) bond motifs is 1. The Labute approximate surface area is 157 Å². The summed E-state index contributed by atoms with van der Waals surface area (Å²) < 4.78 is 11.3. The van der Waals surface area contributed by atoms with E-state index in [1.54, 1.807) is 12.1 Å². The zero-order chi connectivity index (χ0) is 18.6. The van der Waals surface area contributed by atoms with E-state index in [0.29, 0.717) is 12.2 Å². The van der Waals surface area contributed by atoms with Gasteiger partial charge in [-0.2, -0.15) is 0 Å². The number of carbonyl (C=O) groups excluding carboxylic acids is 1. The van der Waals surface area contributed by atoms with Crippen molar-refractivity contribution >= 4 is 16.9 Å². The largest absolute Gasteiger partial charge is 0.491 e. The molecular weight excluding hydrogens is 342 g/mol. The van der Waals surface area contributed by atoms with Crippen LogP contribution in [0, 0.1) is 0 Å². The summed E-state index contributed by atoms with van der Waals surface area (Å²) in [6, 6.07) is 14.8. The molecule has 27 heavy (non-hydrogen) atoms. The summed E-state index contributed by atoms with van der Waals surface area (Å²) in [6.07, 6.45) is 2.31. The van der Waals surface area contributed by atoms with Crippen LogP contribution in [0.1, 0.15) is 42.0 Å². The van der Waals surface area contributed by atoms with E-state index in [4.69, 9.17) is 9.47 Å². The molecule has 0 aliphatic carbocycles. The van der Waals surface area contributed by atoms with Gasteiger partial charge in [0.05, 0.1) is 23.2 Å². The van der Waals surface area contributed by atoms with Gasteiger partial charge in [0.15, 0.2) is 0 Å². The maximum atomic E-state index is 12.5. The number of hydrogen-bond donors (Lipinski definition) is 2. The van der Waals surface area contributed by atoms with Gasteiger partial charge in [0.2, 0.25) is 0 Å². The third kappa shape index (κ3) is 4.11. The Kier molecular flexibility index (Phi) is 5.07. The molecule has 2 atom stereocenters. The summed E-state index contributed by atoms with van der Waals surface area (Å²) in [7, 11) is 0. The lowest BCUT2D eigenvalue weighted by molar-refractivity contribution is 0.0679. The summed E-state index contributed by atoms with van der Waals surface area (Å²) in [5.41, 5.74) is 2.44. The smallest absolute Gasteiger partial charge is 0.251 e. The van der Waals surface area contributed by atoms with Gasteiger partial charge < -0.3 is 19.8 Å². The van der Waals surface area contributed by atoms with Gasteiger partial charge in [0, 0.05) is 12.2 Å². The van der Waals surface area contributed by atoms with Gasteiger partial charge in [0.25, 0.3) is 5.91 Å². The summed E-state index contributed by atoms with van der Waals surface area (Å²) in [5, 5.41) is 2.98. The van der Waals surface area contributed by atoms with Crippen LogP contribution in [0.4, 0.5) is 0 Å². The van der Waals surface area contributed by atoms with Gasteiger partial charge in [-0.3, -0.25) is 4.79 Å². The van der Waals surface area contributed by atoms with Crippen LogP contribution in [0.2, 0.25) is 0 Å². The highest BCUT2D eigenvalue weighted by molar-refractivity contribution is 5.94. The number of carbonyl (C=O) groups is 1. The lowest BCUT2D eigenvalue weighted by Crippen LogP contribution is -2.27. The van der Waals surface area contributed by atoms with Crippen molar-refractivity contribution in [3.05, 3.63) is 59.9 Å². The second-order valence-corrected chi connectivity index (χ2v) is 6.80. The molecule has 6 heteroatoms. The van der Waals surface area contributed by atoms with Gasteiger partial charge in [-0.25, -0.2) is 4.98 Å². The maximum absolute atomic E-state index is 12.5. The quantitative estimate of drug-likeness (QED) is 0.700. The van der Waals surface area contributed by atoms with Crippen molar-refractivity contribution in [3.63, 3.8) is 0 Å². The highest BCUT2D eigenvalue weighted by atomic mass is 16.5. The average molecular weight is 365 g/mol. The predicted octanol–water partition coefficient (Wildman–Crippen LogP) is 3.61. The Morgan fingerprint density at radius 1 is 1.30 bits per heavy atom. The Balaban J connectivity index is 1.35. The van der Waals surface area contributed by atoms with Gasteiger partial charge >= 0.3 is 0 Å². The van der Waals surface area contributed by atoms with Crippen LogP contribution in [0.3, 0.4) is 0 Å². The molecule has 6 nitrogen and oxygen atoms in total. The second kappa shape index (κ2) is 7.80. The molecule has 1 aromatic heterocycles. The van der Waals surface area contributed by atoms with Crippen LogP contribution in [0.15, 0.2) is 48.5 Å². The highest BCUT2D eigenvalue weighted by Crippen LogP contribution is 2.18. The molecule has 4 rings (SSSR count). The fourth-order valence-electron chi connectivity index (χ4n) is 3.19. The SMILES string of the molecule is CC(NC(=O)c1ccc(OCC2CCCO2)cc1)c1nc2ccccc2[nH]1.